The van der Waals surface area contributed by atoms with Gasteiger partial charge in [0.2, 0.25) is 0 Å². The van der Waals surface area contributed by atoms with Gasteiger partial charge in [0.1, 0.15) is 5.75 Å². The van der Waals surface area contributed by atoms with Crippen molar-refractivity contribution in [3.63, 3.8) is 0 Å². The summed E-state index contributed by atoms with van der Waals surface area (Å²) >= 11 is 7.63. The van der Waals surface area contributed by atoms with Gasteiger partial charge >= 0.3 is 0 Å². The molecule has 1 aliphatic heterocycles. The number of nitrogens with one attached hydrogen (secondary N) is 1. The fraction of sp³-hybridized carbons (Fsp3) is 0.190. The Hall–Kier alpha value is -2.37. The first-order chi connectivity index (χ1) is 12.8. The van der Waals surface area contributed by atoms with Crippen molar-refractivity contribution in [2.75, 3.05) is 19.0 Å². The third-order valence-electron chi connectivity index (χ3n) is 4.66. The number of thiocarbonyl (C=S) groups is 1. The fourth-order valence-electron chi connectivity index (χ4n) is 3.43. The Bertz CT molecular complexity index is 907. The highest BCUT2D eigenvalue weighted by atomic mass is 32.1. The predicted octanol–water partition coefficient (Wildman–Crippen LogP) is 5.10. The Kier molecular flexibility index (Phi) is 4.91. The van der Waals surface area contributed by atoms with Crippen molar-refractivity contribution in [3.8, 4) is 5.75 Å². The van der Waals surface area contributed by atoms with Gasteiger partial charge in [0.15, 0.2) is 5.11 Å². The van der Waals surface area contributed by atoms with Crippen molar-refractivity contribution in [1.29, 1.82) is 0 Å². The summed E-state index contributed by atoms with van der Waals surface area (Å²) in [5.41, 5.74) is 3.57. The molecule has 0 fully saturated rings. The first-order valence-corrected chi connectivity index (χ1v) is 9.88. The average molecular weight is 381 g/mol. The molecule has 1 aliphatic rings. The summed E-state index contributed by atoms with van der Waals surface area (Å²) < 4.78 is 5.31. The Morgan fingerprint density at radius 1 is 1.15 bits per heavy atom. The number of benzene rings is 2. The van der Waals surface area contributed by atoms with Crippen molar-refractivity contribution in [2.24, 2.45) is 0 Å². The Morgan fingerprint density at radius 2 is 2.00 bits per heavy atom. The minimum Gasteiger partial charge on any atom is -0.497 e. The molecular weight excluding hydrogens is 360 g/mol. The Morgan fingerprint density at radius 3 is 2.81 bits per heavy atom. The number of hydrogen-bond acceptors (Lipinski definition) is 3. The van der Waals surface area contributed by atoms with Crippen molar-refractivity contribution < 1.29 is 4.74 Å². The van der Waals surface area contributed by atoms with E-state index in [1.54, 1.807) is 7.11 Å². The van der Waals surface area contributed by atoms with E-state index in [4.69, 9.17) is 17.0 Å². The summed E-state index contributed by atoms with van der Waals surface area (Å²) in [6.07, 6.45) is 1.02. The van der Waals surface area contributed by atoms with Crippen LogP contribution in [0, 0.1) is 0 Å². The number of nitrogens with zero attached hydrogens (tertiary/aromatic N) is 1. The highest BCUT2D eigenvalue weighted by molar-refractivity contribution is 7.80. The number of thiophene rings is 1. The van der Waals surface area contributed by atoms with Crippen LogP contribution in [0.2, 0.25) is 0 Å². The highest BCUT2D eigenvalue weighted by Crippen LogP contribution is 2.38. The number of anilines is 1. The molecule has 2 aromatic carbocycles. The largest absolute Gasteiger partial charge is 0.497 e. The lowest BCUT2D eigenvalue weighted by molar-refractivity contribution is 0.346. The van der Waals surface area contributed by atoms with Crippen LogP contribution in [0.25, 0.3) is 0 Å². The zero-order valence-electron chi connectivity index (χ0n) is 14.5. The topological polar surface area (TPSA) is 24.5 Å². The van der Waals surface area contributed by atoms with Gasteiger partial charge in [-0.25, -0.2) is 0 Å². The van der Waals surface area contributed by atoms with Crippen LogP contribution in [-0.2, 0) is 6.42 Å². The van der Waals surface area contributed by atoms with Crippen LogP contribution < -0.4 is 10.1 Å². The lowest BCUT2D eigenvalue weighted by atomic mass is 9.94. The quantitative estimate of drug-likeness (QED) is 0.639. The van der Waals surface area contributed by atoms with Gasteiger partial charge in [-0.15, -0.1) is 11.3 Å². The maximum atomic E-state index is 5.79. The highest BCUT2D eigenvalue weighted by Gasteiger charge is 2.31. The zero-order chi connectivity index (χ0) is 17.9. The monoisotopic (exact) mass is 380 g/mol. The van der Waals surface area contributed by atoms with E-state index in [1.807, 2.05) is 35.6 Å². The summed E-state index contributed by atoms with van der Waals surface area (Å²) in [6.45, 7) is 0.906. The number of rotatable bonds is 3. The molecule has 2 heterocycles. The second kappa shape index (κ2) is 7.48. The minimum absolute atomic E-state index is 0.150. The van der Waals surface area contributed by atoms with E-state index < -0.39 is 0 Å². The molecule has 0 radical (unpaired) electrons. The molecule has 3 nitrogen and oxygen atoms in total. The van der Waals surface area contributed by atoms with Crippen molar-refractivity contribution in [3.05, 3.63) is 82.0 Å². The third kappa shape index (κ3) is 3.32. The van der Waals surface area contributed by atoms with E-state index in [1.165, 1.54) is 16.0 Å². The molecule has 1 atom stereocenters. The molecule has 26 heavy (non-hydrogen) atoms. The molecule has 0 saturated carbocycles. The molecule has 132 valence electrons. The van der Waals surface area contributed by atoms with Crippen LogP contribution in [0.1, 0.15) is 22.0 Å². The minimum atomic E-state index is 0.150. The maximum absolute atomic E-state index is 5.79. The SMILES string of the molecule is COc1cccc(NC(=S)N2CCc3sccc3[C@H]2c2ccccc2)c1. The van der Waals surface area contributed by atoms with Gasteiger partial charge in [-0.2, -0.15) is 0 Å². The summed E-state index contributed by atoms with van der Waals surface area (Å²) in [4.78, 5) is 3.75. The maximum Gasteiger partial charge on any atom is 0.174 e. The van der Waals surface area contributed by atoms with Crippen LogP contribution in [0.4, 0.5) is 5.69 Å². The first-order valence-electron chi connectivity index (χ1n) is 8.59. The number of methoxy groups -OCH3 is 1. The summed E-state index contributed by atoms with van der Waals surface area (Å²) in [6, 6.07) is 20.8. The van der Waals surface area contributed by atoms with Crippen LogP contribution in [0.5, 0.6) is 5.75 Å². The smallest absolute Gasteiger partial charge is 0.174 e. The van der Waals surface area contributed by atoms with E-state index >= 15 is 0 Å². The molecule has 0 spiro atoms. The van der Waals surface area contributed by atoms with Gasteiger partial charge in [0.05, 0.1) is 13.2 Å². The van der Waals surface area contributed by atoms with Gasteiger partial charge < -0.3 is 15.0 Å². The standard InChI is InChI=1S/C21H20N2OS2/c1-24-17-9-5-8-16(14-17)22-21(25)23-12-10-19-18(11-13-26-19)20(23)15-6-3-2-4-7-15/h2-9,11,13-14,20H,10,12H2,1H3,(H,22,25)/t20-/m1/s1. The average Bonchev–Trinajstić information content (AvgIpc) is 3.16. The molecule has 1 N–H and O–H groups in total. The van der Waals surface area contributed by atoms with Crippen LogP contribution in [0.15, 0.2) is 66.0 Å². The molecule has 0 amide bonds. The number of fused-ring (bicyclic) bond motifs is 1. The molecule has 0 unspecified atom stereocenters. The lowest BCUT2D eigenvalue weighted by Crippen LogP contribution is -2.42. The molecular formula is C21H20N2OS2. The van der Waals surface area contributed by atoms with Crippen molar-refractivity contribution in [1.82, 2.24) is 4.90 Å². The normalized spacial score (nSPS) is 16.0. The van der Waals surface area contributed by atoms with Crippen LogP contribution in [-0.4, -0.2) is 23.7 Å². The van der Waals surface area contributed by atoms with Gasteiger partial charge in [-0.1, -0.05) is 36.4 Å². The van der Waals surface area contributed by atoms with Gasteiger partial charge in [-0.05, 0) is 53.3 Å². The van der Waals surface area contributed by atoms with E-state index in [0.29, 0.717) is 0 Å². The molecule has 0 bridgehead atoms. The van der Waals surface area contributed by atoms with E-state index in [0.717, 1.165) is 29.5 Å². The van der Waals surface area contributed by atoms with Gasteiger partial charge in [-0.3, -0.25) is 0 Å². The molecule has 3 aromatic rings. The molecule has 4 rings (SSSR count). The van der Waals surface area contributed by atoms with E-state index in [2.05, 4.69) is 52.0 Å². The number of ether oxygens (including phenoxy) is 1. The zero-order valence-corrected chi connectivity index (χ0v) is 16.1. The van der Waals surface area contributed by atoms with Crippen LogP contribution >= 0.6 is 23.6 Å². The fourth-order valence-corrected chi connectivity index (χ4v) is 4.64. The summed E-state index contributed by atoms with van der Waals surface area (Å²) in [5.74, 6) is 0.816. The van der Waals surface area contributed by atoms with Crippen LogP contribution in [0.3, 0.4) is 0 Å². The van der Waals surface area contributed by atoms with Gasteiger partial charge in [0, 0.05) is 23.2 Å². The number of hydrogen-bond donors (Lipinski definition) is 1. The Balaban J connectivity index is 1.64. The molecule has 0 aliphatic carbocycles. The molecule has 1 aromatic heterocycles. The van der Waals surface area contributed by atoms with E-state index in [-0.39, 0.29) is 6.04 Å². The lowest BCUT2D eigenvalue weighted by Gasteiger charge is -2.38. The Labute approximate surface area is 163 Å². The summed E-state index contributed by atoms with van der Waals surface area (Å²) in [7, 11) is 1.67. The summed E-state index contributed by atoms with van der Waals surface area (Å²) in [5, 5.41) is 6.31. The van der Waals surface area contributed by atoms with E-state index in [9.17, 15) is 0 Å². The molecule has 5 heteroatoms. The van der Waals surface area contributed by atoms with Crippen molar-refractivity contribution >= 4 is 34.4 Å². The predicted molar refractivity (Wildman–Crippen MR) is 112 cm³/mol. The molecule has 0 saturated heterocycles. The second-order valence-electron chi connectivity index (χ2n) is 6.22. The third-order valence-corrected chi connectivity index (χ3v) is 6.00. The van der Waals surface area contributed by atoms with Crippen molar-refractivity contribution in [2.45, 2.75) is 12.5 Å². The van der Waals surface area contributed by atoms with Gasteiger partial charge in [0.25, 0.3) is 0 Å². The second-order valence-corrected chi connectivity index (χ2v) is 7.61. The first kappa shape index (κ1) is 17.1.